The number of benzene rings is 1. The summed E-state index contributed by atoms with van der Waals surface area (Å²) >= 11 is 3.03. The topological polar surface area (TPSA) is 55.4 Å². The van der Waals surface area contributed by atoms with Crippen molar-refractivity contribution in [1.29, 1.82) is 0 Å². The molecule has 0 saturated heterocycles. The molecule has 0 aliphatic rings. The van der Waals surface area contributed by atoms with Crippen LogP contribution < -0.4 is 5.32 Å². The van der Waals surface area contributed by atoms with E-state index in [9.17, 15) is 14.0 Å². The lowest BCUT2D eigenvalue weighted by Crippen LogP contribution is -2.18. The minimum atomic E-state index is -0.589. The second-order valence-corrected chi connectivity index (χ2v) is 4.47. The zero-order valence-electron chi connectivity index (χ0n) is 10.0. The molecule has 6 heteroatoms. The second kappa shape index (κ2) is 6.49. The summed E-state index contributed by atoms with van der Waals surface area (Å²) in [6, 6.07) is 2.75. The van der Waals surface area contributed by atoms with Crippen LogP contribution in [0.15, 0.2) is 16.6 Å². The molecule has 98 valence electrons. The third-order valence-electron chi connectivity index (χ3n) is 2.15. The Balaban J connectivity index is 2.70. The fraction of sp³-hybridized carbons (Fsp3) is 0.333. The Hall–Kier alpha value is -1.43. The lowest BCUT2D eigenvalue weighted by molar-refractivity contribution is -0.145. The van der Waals surface area contributed by atoms with E-state index < -0.39 is 17.7 Å². The molecule has 1 rings (SSSR count). The summed E-state index contributed by atoms with van der Waals surface area (Å²) in [4.78, 5) is 22.6. The van der Waals surface area contributed by atoms with Crippen molar-refractivity contribution in [2.45, 2.75) is 20.3 Å². The van der Waals surface area contributed by atoms with Crippen molar-refractivity contribution in [3.05, 3.63) is 28.0 Å². The highest BCUT2D eigenvalue weighted by Gasteiger charge is 2.12. The third-order valence-corrected chi connectivity index (χ3v) is 2.76. The molecular weight excluding hydrogens is 305 g/mol. The van der Waals surface area contributed by atoms with Gasteiger partial charge in [0.05, 0.1) is 11.1 Å². The number of halogens is 2. The van der Waals surface area contributed by atoms with Crippen molar-refractivity contribution >= 4 is 33.5 Å². The maximum absolute atomic E-state index is 13.2. The SMILES string of the molecule is CCOC(=O)CC(=O)Nc1cc(Br)c(F)cc1C. The number of rotatable bonds is 4. The van der Waals surface area contributed by atoms with E-state index in [0.29, 0.717) is 11.3 Å². The Bertz CT molecular complexity index is 477. The summed E-state index contributed by atoms with van der Waals surface area (Å²) in [5.74, 6) is -1.49. The first-order valence-electron chi connectivity index (χ1n) is 5.35. The number of esters is 1. The summed E-state index contributed by atoms with van der Waals surface area (Å²) in [6.45, 7) is 3.56. The van der Waals surface area contributed by atoms with Gasteiger partial charge < -0.3 is 10.1 Å². The van der Waals surface area contributed by atoms with Crippen molar-refractivity contribution in [3.8, 4) is 0 Å². The zero-order chi connectivity index (χ0) is 13.7. The molecule has 0 aliphatic carbocycles. The molecule has 0 bridgehead atoms. The molecular formula is C12H13BrFNO3. The molecule has 18 heavy (non-hydrogen) atoms. The first kappa shape index (κ1) is 14.6. The van der Waals surface area contributed by atoms with Gasteiger partial charge in [-0.2, -0.15) is 0 Å². The number of nitrogens with one attached hydrogen (secondary N) is 1. The average molecular weight is 318 g/mol. The zero-order valence-corrected chi connectivity index (χ0v) is 11.6. The Morgan fingerprint density at radius 3 is 2.72 bits per heavy atom. The van der Waals surface area contributed by atoms with Gasteiger partial charge in [0, 0.05) is 5.69 Å². The van der Waals surface area contributed by atoms with Gasteiger partial charge in [-0.3, -0.25) is 9.59 Å². The number of anilines is 1. The maximum Gasteiger partial charge on any atom is 0.315 e. The highest BCUT2D eigenvalue weighted by molar-refractivity contribution is 9.10. The number of aryl methyl sites for hydroxylation is 1. The molecule has 1 N–H and O–H groups in total. The van der Waals surface area contributed by atoms with Gasteiger partial charge in [-0.05, 0) is 47.5 Å². The van der Waals surface area contributed by atoms with Crippen molar-refractivity contribution in [2.24, 2.45) is 0 Å². The third kappa shape index (κ3) is 4.10. The van der Waals surface area contributed by atoms with Crippen LogP contribution in [0, 0.1) is 12.7 Å². The number of hydrogen-bond acceptors (Lipinski definition) is 3. The molecule has 0 heterocycles. The number of hydrogen-bond donors (Lipinski definition) is 1. The summed E-state index contributed by atoms with van der Waals surface area (Å²) < 4.78 is 18.1. The molecule has 0 spiro atoms. The van der Waals surface area contributed by atoms with Gasteiger partial charge >= 0.3 is 5.97 Å². The van der Waals surface area contributed by atoms with Crippen molar-refractivity contribution in [2.75, 3.05) is 11.9 Å². The second-order valence-electron chi connectivity index (χ2n) is 3.61. The molecule has 1 aromatic carbocycles. The first-order chi connectivity index (χ1) is 8.43. The van der Waals surface area contributed by atoms with Crippen LogP contribution >= 0.6 is 15.9 Å². The van der Waals surface area contributed by atoms with Crippen LogP contribution in [0.5, 0.6) is 0 Å². The standard InChI is InChI=1S/C12H13BrFNO3/c1-3-18-12(17)6-11(16)15-10-5-8(13)9(14)4-7(10)2/h4-5H,3,6H2,1-2H3,(H,15,16). The van der Waals surface area contributed by atoms with E-state index in [-0.39, 0.29) is 17.5 Å². The summed E-state index contributed by atoms with van der Waals surface area (Å²) in [5.41, 5.74) is 1.03. The lowest BCUT2D eigenvalue weighted by Gasteiger charge is -2.09. The quantitative estimate of drug-likeness (QED) is 0.686. The van der Waals surface area contributed by atoms with Crippen molar-refractivity contribution in [1.82, 2.24) is 0 Å². The monoisotopic (exact) mass is 317 g/mol. The van der Waals surface area contributed by atoms with Crippen LogP contribution in [-0.2, 0) is 14.3 Å². The van der Waals surface area contributed by atoms with E-state index in [1.807, 2.05) is 0 Å². The molecule has 0 fully saturated rings. The smallest absolute Gasteiger partial charge is 0.315 e. The highest BCUT2D eigenvalue weighted by Crippen LogP contribution is 2.24. The summed E-state index contributed by atoms with van der Waals surface area (Å²) in [6.07, 6.45) is -0.359. The molecule has 4 nitrogen and oxygen atoms in total. The van der Waals surface area contributed by atoms with E-state index in [1.165, 1.54) is 12.1 Å². The lowest BCUT2D eigenvalue weighted by atomic mass is 10.2. The predicted octanol–water partition coefficient (Wildman–Crippen LogP) is 2.79. The van der Waals surface area contributed by atoms with Crippen LogP contribution in [0.3, 0.4) is 0 Å². The molecule has 0 atom stereocenters. The Morgan fingerprint density at radius 2 is 2.11 bits per heavy atom. The van der Waals surface area contributed by atoms with Crippen LogP contribution in [0.2, 0.25) is 0 Å². The van der Waals surface area contributed by atoms with Gasteiger partial charge in [0.2, 0.25) is 5.91 Å². The van der Waals surface area contributed by atoms with E-state index in [2.05, 4.69) is 26.0 Å². The number of ether oxygens (including phenoxy) is 1. The molecule has 0 radical (unpaired) electrons. The van der Waals surface area contributed by atoms with Gasteiger partial charge in [0.25, 0.3) is 0 Å². The summed E-state index contributed by atoms with van der Waals surface area (Å²) in [5, 5.41) is 2.53. The van der Waals surface area contributed by atoms with E-state index in [1.54, 1.807) is 13.8 Å². The fourth-order valence-electron chi connectivity index (χ4n) is 1.32. The van der Waals surface area contributed by atoms with Gasteiger partial charge in [-0.15, -0.1) is 0 Å². The molecule has 0 aromatic heterocycles. The van der Waals surface area contributed by atoms with Gasteiger partial charge in [-0.25, -0.2) is 4.39 Å². The maximum atomic E-state index is 13.2. The fourth-order valence-corrected chi connectivity index (χ4v) is 1.66. The number of amides is 1. The predicted molar refractivity (Wildman–Crippen MR) is 68.7 cm³/mol. The molecule has 1 aromatic rings. The number of carbonyl (C=O) groups is 2. The molecule has 0 saturated carbocycles. The minimum Gasteiger partial charge on any atom is -0.466 e. The van der Waals surface area contributed by atoms with Crippen LogP contribution in [0.4, 0.5) is 10.1 Å². The summed E-state index contributed by atoms with van der Waals surface area (Å²) in [7, 11) is 0. The normalized spacial score (nSPS) is 10.0. The van der Waals surface area contributed by atoms with Gasteiger partial charge in [0.1, 0.15) is 12.2 Å². The van der Waals surface area contributed by atoms with E-state index in [4.69, 9.17) is 0 Å². The van der Waals surface area contributed by atoms with Crippen LogP contribution in [0.1, 0.15) is 18.9 Å². The number of carbonyl (C=O) groups excluding carboxylic acids is 2. The van der Waals surface area contributed by atoms with Crippen molar-refractivity contribution in [3.63, 3.8) is 0 Å². The van der Waals surface area contributed by atoms with E-state index >= 15 is 0 Å². The van der Waals surface area contributed by atoms with E-state index in [0.717, 1.165) is 0 Å². The molecule has 1 amide bonds. The van der Waals surface area contributed by atoms with Crippen LogP contribution in [0.25, 0.3) is 0 Å². The highest BCUT2D eigenvalue weighted by atomic mass is 79.9. The Labute approximate surface area is 113 Å². The Morgan fingerprint density at radius 1 is 1.44 bits per heavy atom. The van der Waals surface area contributed by atoms with Crippen LogP contribution in [-0.4, -0.2) is 18.5 Å². The van der Waals surface area contributed by atoms with Gasteiger partial charge in [0.15, 0.2) is 0 Å². The Kier molecular flexibility index (Phi) is 5.27. The first-order valence-corrected chi connectivity index (χ1v) is 6.14. The van der Waals surface area contributed by atoms with Crippen molar-refractivity contribution < 1.29 is 18.7 Å². The molecule has 0 unspecified atom stereocenters. The van der Waals surface area contributed by atoms with Gasteiger partial charge in [-0.1, -0.05) is 0 Å². The molecule has 0 aliphatic heterocycles. The average Bonchev–Trinajstić information content (AvgIpc) is 2.26. The minimum absolute atomic E-state index is 0.229. The largest absolute Gasteiger partial charge is 0.466 e.